The minimum absolute atomic E-state index is 0.0193. The lowest BCUT2D eigenvalue weighted by molar-refractivity contribution is 0.162. The summed E-state index contributed by atoms with van der Waals surface area (Å²) in [5.74, 6) is 0. The number of hydrogen-bond acceptors (Lipinski definition) is 8. The van der Waals surface area contributed by atoms with Crippen molar-refractivity contribution >= 4 is 44.8 Å². The average Bonchev–Trinajstić information content (AvgIpc) is 2.91. The van der Waals surface area contributed by atoms with Crippen LogP contribution in [0.4, 0.5) is 17.1 Å². The highest BCUT2D eigenvalue weighted by atomic mass is 32.2. The molecule has 39 heavy (non-hydrogen) atoms. The molecule has 0 amide bonds. The number of benzene rings is 3. The monoisotopic (exact) mass is 595 g/mol. The van der Waals surface area contributed by atoms with Crippen molar-refractivity contribution in [3.8, 4) is 0 Å². The van der Waals surface area contributed by atoms with E-state index in [-0.39, 0.29) is 46.7 Å². The van der Waals surface area contributed by atoms with E-state index in [1.54, 1.807) is 57.2 Å². The van der Waals surface area contributed by atoms with Crippen molar-refractivity contribution < 1.29 is 30.4 Å². The van der Waals surface area contributed by atoms with Gasteiger partial charge in [-0.25, -0.2) is 16.8 Å². The maximum atomic E-state index is 13.0. The van der Waals surface area contributed by atoms with Gasteiger partial charge in [0.1, 0.15) is 5.69 Å². The quantitative estimate of drug-likeness (QED) is 0.125. The van der Waals surface area contributed by atoms with E-state index in [9.17, 15) is 16.8 Å². The summed E-state index contributed by atoms with van der Waals surface area (Å²) in [6.45, 7) is 5.97. The van der Waals surface area contributed by atoms with Crippen molar-refractivity contribution in [3.63, 3.8) is 0 Å². The van der Waals surface area contributed by atoms with E-state index < -0.39 is 27.8 Å². The first-order valence-corrected chi connectivity index (χ1v) is 16.4. The van der Waals surface area contributed by atoms with E-state index in [0.29, 0.717) is 0 Å². The first-order valence-electron chi connectivity index (χ1n) is 11.9. The van der Waals surface area contributed by atoms with Crippen LogP contribution in [0, 0.1) is 0 Å². The maximum Gasteiger partial charge on any atom is 0.380 e. The minimum Gasteiger partial charge on any atom is -0.302 e. The van der Waals surface area contributed by atoms with Crippen LogP contribution in [-0.4, -0.2) is 36.7 Å². The van der Waals surface area contributed by atoms with E-state index in [4.69, 9.17) is 13.6 Å². The zero-order valence-corrected chi connectivity index (χ0v) is 24.1. The SMILES string of the molecule is CCOP(=NN=Nc1cc(NS(=O)(=O)c2ccccc2)ccc1NS(=O)(=O)c1ccccc1)(OCC)OCC. The van der Waals surface area contributed by atoms with Gasteiger partial charge in [0.15, 0.2) is 0 Å². The number of sulfonamides is 2. The summed E-state index contributed by atoms with van der Waals surface area (Å²) in [6.07, 6.45) is 0. The molecule has 0 spiro atoms. The van der Waals surface area contributed by atoms with Crippen molar-refractivity contribution in [1.29, 1.82) is 0 Å². The molecule has 0 fully saturated rings. The standard InChI is InChI=1S/C24H30N5O7PS2/c1-4-34-37(35-5-2,36-6-3)29-28-25-24-19-20(26-38(30,31)21-13-9-7-10-14-21)17-18-23(24)27-39(32,33)22-15-11-8-12-16-22/h7-19,26-27H,4-6H2,1-3H3. The van der Waals surface area contributed by atoms with Gasteiger partial charge in [-0.05, 0) is 68.5 Å². The summed E-state index contributed by atoms with van der Waals surface area (Å²) in [5.41, 5.74) is 0.138. The molecule has 3 aromatic rings. The highest BCUT2D eigenvalue weighted by Crippen LogP contribution is 2.53. The van der Waals surface area contributed by atoms with Crippen LogP contribution in [0.25, 0.3) is 0 Å². The smallest absolute Gasteiger partial charge is 0.302 e. The molecule has 0 unspecified atom stereocenters. The topological polar surface area (TPSA) is 157 Å². The second-order valence-electron chi connectivity index (χ2n) is 7.57. The van der Waals surface area contributed by atoms with E-state index in [1.165, 1.54) is 42.5 Å². The van der Waals surface area contributed by atoms with Gasteiger partial charge in [0.2, 0.25) is 0 Å². The third kappa shape index (κ3) is 8.43. The molecule has 0 aromatic heterocycles. The third-order valence-electron chi connectivity index (χ3n) is 4.78. The first-order chi connectivity index (χ1) is 18.6. The molecule has 0 saturated carbocycles. The van der Waals surface area contributed by atoms with Crippen molar-refractivity contribution in [2.75, 3.05) is 29.3 Å². The summed E-state index contributed by atoms with van der Waals surface area (Å²) in [7, 11) is -11.1. The lowest BCUT2D eigenvalue weighted by Crippen LogP contribution is -2.14. The van der Waals surface area contributed by atoms with E-state index >= 15 is 0 Å². The van der Waals surface area contributed by atoms with Gasteiger partial charge in [0.25, 0.3) is 20.0 Å². The summed E-state index contributed by atoms with van der Waals surface area (Å²) >= 11 is 0. The van der Waals surface area contributed by atoms with Gasteiger partial charge in [-0.15, -0.1) is 5.11 Å². The van der Waals surface area contributed by atoms with E-state index in [2.05, 4.69) is 24.6 Å². The molecule has 0 aliphatic heterocycles. The molecule has 2 N–H and O–H groups in total. The van der Waals surface area contributed by atoms with Crippen LogP contribution in [0.15, 0.2) is 104 Å². The van der Waals surface area contributed by atoms with Crippen LogP contribution >= 0.6 is 7.74 Å². The Bertz CT molecular complexity index is 1510. The molecular formula is C24H30N5O7PS2. The Labute approximate surface area is 228 Å². The van der Waals surface area contributed by atoms with Crippen molar-refractivity contribution in [2.45, 2.75) is 30.6 Å². The average molecular weight is 596 g/mol. The van der Waals surface area contributed by atoms with E-state index in [0.717, 1.165) is 0 Å². The molecule has 12 nitrogen and oxygen atoms in total. The fourth-order valence-electron chi connectivity index (χ4n) is 3.18. The number of rotatable bonds is 14. The van der Waals surface area contributed by atoms with Gasteiger partial charge in [0, 0.05) is 0 Å². The van der Waals surface area contributed by atoms with Gasteiger partial charge in [-0.3, -0.25) is 9.44 Å². The molecule has 210 valence electrons. The molecule has 3 rings (SSSR count). The lowest BCUT2D eigenvalue weighted by Gasteiger charge is -2.19. The summed E-state index contributed by atoms with van der Waals surface area (Å²) in [5, 5.41) is 7.90. The van der Waals surface area contributed by atoms with Crippen LogP contribution in [-0.2, 0) is 33.6 Å². The first kappa shape index (κ1) is 30.4. The fraction of sp³-hybridized carbons (Fsp3) is 0.250. The Morgan fingerprint density at radius 2 is 1.18 bits per heavy atom. The van der Waals surface area contributed by atoms with Crippen molar-refractivity contribution in [1.82, 2.24) is 0 Å². The third-order valence-corrected chi connectivity index (χ3v) is 9.61. The molecule has 0 atom stereocenters. The highest BCUT2D eigenvalue weighted by Gasteiger charge is 2.23. The minimum atomic E-state index is -3.99. The Hall–Kier alpha value is -3.13. The van der Waals surface area contributed by atoms with Gasteiger partial charge < -0.3 is 13.6 Å². The molecular weight excluding hydrogens is 565 g/mol. The molecule has 15 heteroatoms. The van der Waals surface area contributed by atoms with Crippen LogP contribution in [0.5, 0.6) is 0 Å². The molecule has 0 heterocycles. The molecule has 0 aliphatic rings. The predicted molar refractivity (Wildman–Crippen MR) is 150 cm³/mol. The Morgan fingerprint density at radius 3 is 1.67 bits per heavy atom. The van der Waals surface area contributed by atoms with Gasteiger partial charge in [-0.1, -0.05) is 41.3 Å². The zero-order valence-electron chi connectivity index (χ0n) is 21.6. The summed E-state index contributed by atoms with van der Waals surface area (Å²) in [6, 6.07) is 19.6. The van der Waals surface area contributed by atoms with Gasteiger partial charge in [0.05, 0.1) is 41.0 Å². The number of nitrogens with one attached hydrogen (secondary N) is 2. The van der Waals surface area contributed by atoms with Crippen LogP contribution in [0.2, 0.25) is 0 Å². The van der Waals surface area contributed by atoms with Gasteiger partial charge in [-0.2, -0.15) is 0 Å². The van der Waals surface area contributed by atoms with Crippen molar-refractivity contribution in [2.24, 2.45) is 15.2 Å². The Balaban J connectivity index is 2.05. The lowest BCUT2D eigenvalue weighted by atomic mass is 10.2. The van der Waals surface area contributed by atoms with E-state index in [1.807, 2.05) is 0 Å². The Morgan fingerprint density at radius 1 is 0.692 bits per heavy atom. The highest BCUT2D eigenvalue weighted by molar-refractivity contribution is 7.93. The van der Waals surface area contributed by atoms with Gasteiger partial charge >= 0.3 is 7.74 Å². The number of hydrogen-bond donors (Lipinski definition) is 2. The number of anilines is 2. The summed E-state index contributed by atoms with van der Waals surface area (Å²) in [4.78, 5) is 4.13. The largest absolute Gasteiger partial charge is 0.380 e. The second-order valence-corrected chi connectivity index (χ2v) is 12.8. The summed E-state index contributed by atoms with van der Waals surface area (Å²) < 4.78 is 73.3. The molecule has 0 radical (unpaired) electrons. The molecule has 0 saturated heterocycles. The number of nitrogens with zero attached hydrogens (tertiary/aromatic N) is 3. The van der Waals surface area contributed by atoms with Crippen molar-refractivity contribution in [3.05, 3.63) is 78.9 Å². The normalized spacial score (nSPS) is 12.4. The maximum absolute atomic E-state index is 13.0. The predicted octanol–water partition coefficient (Wildman–Crippen LogP) is 6.34. The zero-order chi connectivity index (χ0) is 28.4. The second kappa shape index (κ2) is 13.8. The molecule has 0 aliphatic carbocycles. The van der Waals surface area contributed by atoms with Crippen LogP contribution < -0.4 is 9.44 Å². The Kier molecular flexibility index (Phi) is 10.7. The fourth-order valence-corrected chi connectivity index (χ4v) is 6.84. The molecule has 0 bridgehead atoms. The van der Waals surface area contributed by atoms with Crippen LogP contribution in [0.3, 0.4) is 0 Å². The van der Waals surface area contributed by atoms with Crippen LogP contribution in [0.1, 0.15) is 20.8 Å². The molecule has 3 aromatic carbocycles.